The first-order valence-electron chi connectivity index (χ1n) is 12.2. The standard InChI is InChI=1S/C24H28ClF2N7O2/c25-16-8-9-17(20(27)19(16)26)31-24-32-18-11-29-23(30-13-2-1-3-15(35)10-13)33-22(18)34(24)14-6-4-12(5-7-14)21(28)36/h8-9,11-15,35H,1-7,10H2,(H2,28,36)(H,31,32)(H,29,30,33)/t12-,13-,14-,15-/m0/s1. The van der Waals surface area contributed by atoms with E-state index in [9.17, 15) is 18.7 Å². The van der Waals surface area contributed by atoms with Gasteiger partial charge in [0, 0.05) is 18.0 Å². The summed E-state index contributed by atoms with van der Waals surface area (Å²) in [6.07, 6.45) is 6.97. The summed E-state index contributed by atoms with van der Waals surface area (Å²) in [5, 5.41) is 15.9. The van der Waals surface area contributed by atoms with E-state index in [0.29, 0.717) is 49.2 Å². The average Bonchev–Trinajstić information content (AvgIpc) is 3.21. The van der Waals surface area contributed by atoms with Crippen molar-refractivity contribution in [1.29, 1.82) is 0 Å². The van der Waals surface area contributed by atoms with Crippen LogP contribution in [0.15, 0.2) is 18.3 Å². The number of imidazole rings is 1. The molecule has 5 N–H and O–H groups in total. The van der Waals surface area contributed by atoms with Crippen LogP contribution < -0.4 is 16.4 Å². The van der Waals surface area contributed by atoms with Crippen molar-refractivity contribution in [3.05, 3.63) is 35.0 Å². The number of nitrogens with zero attached hydrogens (tertiary/aromatic N) is 4. The van der Waals surface area contributed by atoms with Crippen LogP contribution >= 0.6 is 11.6 Å². The summed E-state index contributed by atoms with van der Waals surface area (Å²) in [6, 6.07) is 2.58. The Hall–Kier alpha value is -3.05. The van der Waals surface area contributed by atoms with Gasteiger partial charge in [0.15, 0.2) is 17.3 Å². The van der Waals surface area contributed by atoms with Crippen molar-refractivity contribution in [2.75, 3.05) is 10.6 Å². The van der Waals surface area contributed by atoms with E-state index in [1.54, 1.807) is 6.20 Å². The minimum atomic E-state index is -1.15. The van der Waals surface area contributed by atoms with Crippen LogP contribution in [-0.4, -0.2) is 42.7 Å². The van der Waals surface area contributed by atoms with Crippen LogP contribution in [0.25, 0.3) is 11.2 Å². The van der Waals surface area contributed by atoms with Crippen molar-refractivity contribution in [1.82, 2.24) is 19.5 Å². The van der Waals surface area contributed by atoms with Crippen molar-refractivity contribution < 1.29 is 18.7 Å². The number of hydrogen-bond acceptors (Lipinski definition) is 7. The van der Waals surface area contributed by atoms with E-state index in [-0.39, 0.29) is 46.7 Å². The molecule has 2 aromatic heterocycles. The fourth-order valence-corrected chi connectivity index (χ4v) is 5.38. The van der Waals surface area contributed by atoms with Crippen LogP contribution in [0, 0.1) is 17.6 Å². The number of fused-ring (bicyclic) bond motifs is 1. The zero-order chi connectivity index (χ0) is 25.4. The van der Waals surface area contributed by atoms with Gasteiger partial charge in [-0.2, -0.15) is 4.98 Å². The molecular formula is C24H28ClF2N7O2. The van der Waals surface area contributed by atoms with Gasteiger partial charge in [0.05, 0.1) is 23.0 Å². The molecule has 0 unspecified atom stereocenters. The van der Waals surface area contributed by atoms with Crippen LogP contribution in [0.5, 0.6) is 0 Å². The fourth-order valence-electron chi connectivity index (χ4n) is 5.23. The molecule has 12 heteroatoms. The maximum Gasteiger partial charge on any atom is 0.224 e. The number of anilines is 3. The number of aromatic nitrogens is 4. The Balaban J connectivity index is 1.51. The molecule has 2 atom stereocenters. The number of carbonyl (C=O) groups is 1. The van der Waals surface area contributed by atoms with Crippen molar-refractivity contribution in [2.24, 2.45) is 11.7 Å². The lowest BCUT2D eigenvalue weighted by Crippen LogP contribution is -2.30. The molecule has 2 aliphatic rings. The topological polar surface area (TPSA) is 131 Å². The minimum absolute atomic E-state index is 0.0531. The van der Waals surface area contributed by atoms with E-state index in [4.69, 9.17) is 22.3 Å². The number of carbonyl (C=O) groups excluding carboxylic acids is 1. The molecule has 1 amide bonds. The lowest BCUT2D eigenvalue weighted by molar-refractivity contribution is -0.122. The number of hydrogen-bond donors (Lipinski definition) is 4. The summed E-state index contributed by atoms with van der Waals surface area (Å²) in [4.78, 5) is 25.4. The first-order valence-corrected chi connectivity index (χ1v) is 12.6. The van der Waals surface area contributed by atoms with Crippen molar-refractivity contribution in [3.63, 3.8) is 0 Å². The first kappa shape index (κ1) is 24.6. The molecule has 0 radical (unpaired) electrons. The molecule has 2 saturated carbocycles. The predicted octanol–water partition coefficient (Wildman–Crippen LogP) is 4.43. The molecule has 2 heterocycles. The van der Waals surface area contributed by atoms with E-state index >= 15 is 0 Å². The van der Waals surface area contributed by atoms with Gasteiger partial charge in [-0.15, -0.1) is 0 Å². The van der Waals surface area contributed by atoms with Crippen LogP contribution in [0.3, 0.4) is 0 Å². The lowest BCUT2D eigenvalue weighted by atomic mass is 9.85. The molecule has 192 valence electrons. The minimum Gasteiger partial charge on any atom is -0.393 e. The van der Waals surface area contributed by atoms with Gasteiger partial charge in [0.1, 0.15) is 5.52 Å². The quantitative estimate of drug-likeness (QED) is 0.354. The molecule has 2 aliphatic carbocycles. The fraction of sp³-hybridized carbons (Fsp3) is 0.500. The Morgan fingerprint density at radius 2 is 1.89 bits per heavy atom. The predicted molar refractivity (Wildman–Crippen MR) is 132 cm³/mol. The van der Waals surface area contributed by atoms with Crippen LogP contribution in [0.2, 0.25) is 5.02 Å². The van der Waals surface area contributed by atoms with Crippen LogP contribution in [0.4, 0.5) is 26.4 Å². The molecule has 0 spiro atoms. The molecule has 0 saturated heterocycles. The highest BCUT2D eigenvalue weighted by Gasteiger charge is 2.30. The summed E-state index contributed by atoms with van der Waals surface area (Å²) in [7, 11) is 0. The van der Waals surface area contributed by atoms with Crippen LogP contribution in [0.1, 0.15) is 57.4 Å². The van der Waals surface area contributed by atoms with Gasteiger partial charge < -0.3 is 21.5 Å². The Morgan fingerprint density at radius 3 is 2.61 bits per heavy atom. The van der Waals surface area contributed by atoms with E-state index in [2.05, 4.69) is 20.6 Å². The van der Waals surface area contributed by atoms with Gasteiger partial charge in [-0.3, -0.25) is 9.36 Å². The number of nitrogens with one attached hydrogen (secondary N) is 2. The Morgan fingerprint density at radius 1 is 1.11 bits per heavy atom. The maximum atomic E-state index is 14.6. The highest BCUT2D eigenvalue weighted by Crippen LogP contribution is 2.37. The third-order valence-electron chi connectivity index (χ3n) is 7.16. The number of halogens is 3. The SMILES string of the molecule is NC(=O)[C@H]1CC[C@H](n2c(Nc3ccc(Cl)c(F)c3F)nc3cnc(N[C@H]4CCC[C@H](O)C4)nc32)CC1. The number of nitrogens with two attached hydrogens (primary N) is 1. The van der Waals surface area contributed by atoms with Crippen molar-refractivity contribution in [2.45, 2.75) is 69.6 Å². The summed E-state index contributed by atoms with van der Waals surface area (Å²) < 4.78 is 30.6. The largest absolute Gasteiger partial charge is 0.393 e. The van der Waals surface area contributed by atoms with E-state index in [1.165, 1.54) is 12.1 Å². The van der Waals surface area contributed by atoms with Gasteiger partial charge in [-0.05, 0) is 63.5 Å². The van der Waals surface area contributed by atoms with E-state index in [1.807, 2.05) is 4.57 Å². The van der Waals surface area contributed by atoms with E-state index in [0.717, 1.165) is 19.3 Å². The second-order valence-electron chi connectivity index (χ2n) is 9.63. The molecule has 9 nitrogen and oxygen atoms in total. The highest BCUT2D eigenvalue weighted by atomic mass is 35.5. The summed E-state index contributed by atoms with van der Waals surface area (Å²) in [5.74, 6) is -2.07. The molecule has 0 aliphatic heterocycles. The zero-order valence-corrected chi connectivity index (χ0v) is 20.3. The number of amides is 1. The molecule has 2 fully saturated rings. The summed E-state index contributed by atoms with van der Waals surface area (Å²) in [5.41, 5.74) is 6.42. The molecule has 1 aromatic carbocycles. The number of primary amides is 1. The monoisotopic (exact) mass is 519 g/mol. The summed E-state index contributed by atoms with van der Waals surface area (Å²) in [6.45, 7) is 0. The first-order chi connectivity index (χ1) is 17.3. The second-order valence-corrected chi connectivity index (χ2v) is 10.0. The zero-order valence-electron chi connectivity index (χ0n) is 19.6. The van der Waals surface area contributed by atoms with Gasteiger partial charge in [-0.1, -0.05) is 11.6 Å². The van der Waals surface area contributed by atoms with Gasteiger partial charge in [-0.25, -0.2) is 18.7 Å². The average molecular weight is 520 g/mol. The molecule has 36 heavy (non-hydrogen) atoms. The number of benzene rings is 1. The molecular weight excluding hydrogens is 492 g/mol. The Kier molecular flexibility index (Phi) is 6.94. The van der Waals surface area contributed by atoms with Gasteiger partial charge >= 0.3 is 0 Å². The van der Waals surface area contributed by atoms with E-state index < -0.39 is 11.6 Å². The number of aliphatic hydroxyl groups excluding tert-OH is 1. The lowest BCUT2D eigenvalue weighted by Gasteiger charge is -2.29. The van der Waals surface area contributed by atoms with Crippen molar-refractivity contribution >= 4 is 46.3 Å². The maximum absolute atomic E-state index is 14.6. The van der Waals surface area contributed by atoms with Gasteiger partial charge in [0.25, 0.3) is 0 Å². The smallest absolute Gasteiger partial charge is 0.224 e. The molecule has 0 bridgehead atoms. The molecule has 5 rings (SSSR count). The second kappa shape index (κ2) is 10.1. The third-order valence-corrected chi connectivity index (χ3v) is 7.45. The number of aliphatic hydroxyl groups is 1. The Bertz CT molecular complexity index is 1280. The van der Waals surface area contributed by atoms with Gasteiger partial charge in [0.2, 0.25) is 17.8 Å². The Labute approximate surface area is 211 Å². The highest BCUT2D eigenvalue weighted by molar-refractivity contribution is 6.30. The third kappa shape index (κ3) is 4.94. The van der Waals surface area contributed by atoms with Crippen molar-refractivity contribution in [3.8, 4) is 0 Å². The molecule has 3 aromatic rings. The number of rotatable bonds is 6. The summed E-state index contributed by atoms with van der Waals surface area (Å²) >= 11 is 5.71. The van der Waals surface area contributed by atoms with Crippen LogP contribution in [-0.2, 0) is 4.79 Å². The normalized spacial score (nSPS) is 24.6.